The summed E-state index contributed by atoms with van der Waals surface area (Å²) in [6.07, 6.45) is 0.788. The number of benzene rings is 2. The summed E-state index contributed by atoms with van der Waals surface area (Å²) in [7, 11) is 3.66. The second-order valence-electron chi connectivity index (χ2n) is 7.26. The molecule has 0 aliphatic heterocycles. The molecular formula is C25H25BrN2O5. The van der Waals surface area contributed by atoms with Crippen LogP contribution in [-0.2, 0) is 23.6 Å². The normalized spacial score (nSPS) is 10.6. The van der Waals surface area contributed by atoms with Gasteiger partial charge < -0.3 is 18.6 Å². The van der Waals surface area contributed by atoms with E-state index in [2.05, 4.69) is 15.9 Å². The van der Waals surface area contributed by atoms with Gasteiger partial charge in [0.05, 0.1) is 13.2 Å². The molecule has 0 N–H and O–H groups in total. The summed E-state index contributed by atoms with van der Waals surface area (Å²) < 4.78 is 14.6. The molecule has 172 valence electrons. The molecule has 4 rings (SSSR count). The van der Waals surface area contributed by atoms with Crippen LogP contribution < -0.4 is 0 Å². The molecule has 2 aromatic carbocycles. The average Bonchev–Trinajstić information content (AvgIpc) is 3.30. The minimum Gasteiger partial charge on any atom is -0.461 e. The van der Waals surface area contributed by atoms with Gasteiger partial charge in [0.25, 0.3) is 0 Å². The lowest BCUT2D eigenvalue weighted by Gasteiger charge is -2.03. The first-order valence-corrected chi connectivity index (χ1v) is 11.2. The van der Waals surface area contributed by atoms with Gasteiger partial charge >= 0.3 is 11.9 Å². The van der Waals surface area contributed by atoms with Gasteiger partial charge in [0.15, 0.2) is 0 Å². The lowest BCUT2D eigenvalue weighted by molar-refractivity contribution is 0.0506. The number of aryl methyl sites for hydroxylation is 2. The molecule has 0 aliphatic carbocycles. The molecule has 4 aromatic rings. The number of esters is 2. The number of carbonyl (C=O) groups excluding carboxylic acids is 3. The number of aldehydes is 1. The third-order valence-corrected chi connectivity index (χ3v) is 5.67. The monoisotopic (exact) mass is 512 g/mol. The van der Waals surface area contributed by atoms with E-state index in [4.69, 9.17) is 9.47 Å². The third-order valence-electron chi connectivity index (χ3n) is 5.18. The Morgan fingerprint density at radius 2 is 1.30 bits per heavy atom. The van der Waals surface area contributed by atoms with Crippen LogP contribution in [0.2, 0.25) is 0 Å². The van der Waals surface area contributed by atoms with Crippen molar-refractivity contribution in [2.45, 2.75) is 13.8 Å². The third kappa shape index (κ3) is 5.17. The molecule has 2 heterocycles. The highest BCUT2D eigenvalue weighted by molar-refractivity contribution is 9.10. The summed E-state index contributed by atoms with van der Waals surface area (Å²) in [5, 5.41) is 1.89. The van der Waals surface area contributed by atoms with Gasteiger partial charge in [0.1, 0.15) is 17.7 Å². The highest BCUT2D eigenvalue weighted by Crippen LogP contribution is 2.23. The minimum absolute atomic E-state index is 0.280. The zero-order chi connectivity index (χ0) is 24.1. The van der Waals surface area contributed by atoms with Crippen molar-refractivity contribution < 1.29 is 23.9 Å². The molecule has 0 amide bonds. The lowest BCUT2D eigenvalue weighted by atomic mass is 10.2. The predicted molar refractivity (Wildman–Crippen MR) is 131 cm³/mol. The van der Waals surface area contributed by atoms with E-state index < -0.39 is 0 Å². The molecular weight excluding hydrogens is 488 g/mol. The number of halogens is 1. The topological polar surface area (TPSA) is 79.5 Å². The van der Waals surface area contributed by atoms with E-state index in [9.17, 15) is 14.4 Å². The summed E-state index contributed by atoms with van der Waals surface area (Å²) in [5.41, 5.74) is 3.59. The van der Waals surface area contributed by atoms with Crippen molar-refractivity contribution >= 4 is 56.0 Å². The Kier molecular flexibility index (Phi) is 7.71. The van der Waals surface area contributed by atoms with E-state index in [-0.39, 0.29) is 11.9 Å². The summed E-state index contributed by atoms with van der Waals surface area (Å²) in [6.45, 7) is 4.31. The van der Waals surface area contributed by atoms with Gasteiger partial charge in [-0.3, -0.25) is 4.79 Å². The zero-order valence-electron chi connectivity index (χ0n) is 18.9. The van der Waals surface area contributed by atoms with E-state index in [1.165, 1.54) is 0 Å². The van der Waals surface area contributed by atoms with Gasteiger partial charge in [-0.25, -0.2) is 9.59 Å². The van der Waals surface area contributed by atoms with Crippen LogP contribution in [0, 0.1) is 0 Å². The first-order valence-electron chi connectivity index (χ1n) is 10.4. The van der Waals surface area contributed by atoms with Crippen molar-refractivity contribution in [2.75, 3.05) is 13.2 Å². The number of hydrogen-bond donors (Lipinski definition) is 0. The fourth-order valence-corrected chi connectivity index (χ4v) is 3.94. The van der Waals surface area contributed by atoms with Gasteiger partial charge in [0.2, 0.25) is 0 Å². The number of ether oxygens (including phenoxy) is 2. The van der Waals surface area contributed by atoms with Crippen LogP contribution in [0.3, 0.4) is 0 Å². The summed E-state index contributed by atoms with van der Waals surface area (Å²) in [6, 6.07) is 14.8. The summed E-state index contributed by atoms with van der Waals surface area (Å²) in [5.74, 6) is -0.629. The van der Waals surface area contributed by atoms with E-state index in [1.807, 2.05) is 41.9 Å². The maximum atomic E-state index is 11.7. The van der Waals surface area contributed by atoms with Crippen molar-refractivity contribution in [1.29, 1.82) is 0 Å². The van der Waals surface area contributed by atoms with Crippen LogP contribution in [0.5, 0.6) is 0 Å². The Morgan fingerprint density at radius 3 is 1.79 bits per heavy atom. The summed E-state index contributed by atoms with van der Waals surface area (Å²) in [4.78, 5) is 34.0. The fraction of sp³-hybridized carbons (Fsp3) is 0.240. The maximum absolute atomic E-state index is 11.7. The standard InChI is InChI=1S/C13H13NO3.C12H12BrNO2/c1-3-17-13(16)12-7-10-6-9(8-15)4-5-11(10)14(12)2;1-3-16-12(15)11-7-8-6-9(13)4-5-10(8)14(11)2/h4-8H,3H2,1-2H3;4-7H,3H2,1-2H3. The molecule has 0 fully saturated rings. The number of rotatable bonds is 5. The second kappa shape index (κ2) is 10.5. The minimum atomic E-state index is -0.348. The fourth-order valence-electron chi connectivity index (χ4n) is 3.56. The van der Waals surface area contributed by atoms with Gasteiger partial charge in [0, 0.05) is 45.9 Å². The number of hydrogen-bond acceptors (Lipinski definition) is 5. The van der Waals surface area contributed by atoms with Crippen LogP contribution in [-0.4, -0.2) is 40.6 Å². The van der Waals surface area contributed by atoms with E-state index >= 15 is 0 Å². The highest BCUT2D eigenvalue weighted by atomic mass is 79.9. The predicted octanol–water partition coefficient (Wildman–Crippen LogP) is 5.29. The quantitative estimate of drug-likeness (QED) is 0.268. The number of nitrogens with zero attached hydrogens (tertiary/aromatic N) is 2. The molecule has 7 nitrogen and oxygen atoms in total. The molecule has 0 radical (unpaired) electrons. The molecule has 2 aromatic heterocycles. The van der Waals surface area contributed by atoms with E-state index in [1.54, 1.807) is 43.7 Å². The Morgan fingerprint density at radius 1 is 0.818 bits per heavy atom. The van der Waals surface area contributed by atoms with Crippen LogP contribution >= 0.6 is 15.9 Å². The first kappa shape index (κ1) is 24.3. The summed E-state index contributed by atoms with van der Waals surface area (Å²) >= 11 is 3.41. The zero-order valence-corrected chi connectivity index (χ0v) is 20.5. The van der Waals surface area contributed by atoms with Gasteiger partial charge in [-0.05, 0) is 62.4 Å². The van der Waals surface area contributed by atoms with Crippen LogP contribution in [0.25, 0.3) is 21.8 Å². The smallest absolute Gasteiger partial charge is 0.354 e. The molecule has 0 bridgehead atoms. The van der Waals surface area contributed by atoms with Crippen LogP contribution in [0.1, 0.15) is 45.2 Å². The van der Waals surface area contributed by atoms with Crippen molar-refractivity contribution in [1.82, 2.24) is 9.13 Å². The first-order chi connectivity index (χ1) is 15.8. The number of fused-ring (bicyclic) bond motifs is 2. The Hall–Kier alpha value is -3.39. The molecule has 33 heavy (non-hydrogen) atoms. The molecule has 8 heteroatoms. The van der Waals surface area contributed by atoms with Crippen molar-refractivity contribution in [2.24, 2.45) is 14.1 Å². The largest absolute Gasteiger partial charge is 0.461 e. The van der Waals surface area contributed by atoms with Crippen LogP contribution in [0.15, 0.2) is 53.0 Å². The Bertz CT molecular complexity index is 1340. The van der Waals surface area contributed by atoms with Gasteiger partial charge in [-0.2, -0.15) is 0 Å². The lowest BCUT2D eigenvalue weighted by Crippen LogP contribution is -2.09. The van der Waals surface area contributed by atoms with Gasteiger partial charge in [-0.15, -0.1) is 0 Å². The van der Waals surface area contributed by atoms with Gasteiger partial charge in [-0.1, -0.05) is 15.9 Å². The van der Waals surface area contributed by atoms with E-state index in [0.717, 1.165) is 32.6 Å². The maximum Gasteiger partial charge on any atom is 0.354 e. The molecule has 0 spiro atoms. The second-order valence-corrected chi connectivity index (χ2v) is 8.17. The molecule has 0 saturated carbocycles. The molecule has 0 atom stereocenters. The molecule has 0 unspecified atom stereocenters. The number of aromatic nitrogens is 2. The highest BCUT2D eigenvalue weighted by Gasteiger charge is 2.15. The van der Waals surface area contributed by atoms with Crippen LogP contribution in [0.4, 0.5) is 0 Å². The van der Waals surface area contributed by atoms with Crippen molar-refractivity contribution in [3.8, 4) is 0 Å². The van der Waals surface area contributed by atoms with Crippen molar-refractivity contribution in [3.05, 3.63) is 70.0 Å². The number of carbonyl (C=O) groups is 3. The average molecular weight is 513 g/mol. The Labute approximate surface area is 200 Å². The molecule has 0 aliphatic rings. The van der Waals surface area contributed by atoms with E-state index in [0.29, 0.717) is 30.2 Å². The molecule has 0 saturated heterocycles. The Balaban J connectivity index is 0.000000186. The van der Waals surface area contributed by atoms with Crippen molar-refractivity contribution in [3.63, 3.8) is 0 Å². The SMILES string of the molecule is CCOC(=O)c1cc2cc(Br)ccc2n1C.CCOC(=O)c1cc2cc(C=O)ccc2n1C.